The number of halogens is 1. The van der Waals surface area contributed by atoms with Crippen molar-refractivity contribution in [3.8, 4) is 11.1 Å². The Morgan fingerprint density at radius 2 is 1.94 bits per heavy atom. The number of hydrogen-bond donors (Lipinski definition) is 2. The van der Waals surface area contributed by atoms with Gasteiger partial charge in [-0.25, -0.2) is 9.37 Å². The third kappa shape index (κ3) is 3.35. The number of ketones is 1. The molecule has 4 aromatic rings. The number of nitrogens with zero attached hydrogens (tertiary/aromatic N) is 7. The normalized spacial score (nSPS) is 21.5. The van der Waals surface area contributed by atoms with Gasteiger partial charge in [-0.2, -0.15) is 9.61 Å². The van der Waals surface area contributed by atoms with Crippen LogP contribution in [0.2, 0.25) is 0 Å². The number of nitrogens with one attached hydrogen (secondary N) is 1. The predicted molar refractivity (Wildman–Crippen MR) is 122 cm³/mol. The Kier molecular flexibility index (Phi) is 4.83. The highest BCUT2D eigenvalue weighted by molar-refractivity contribution is 6.00. The standard InChI is InChI=1S/C23H22FN9O2/c1-11(34)18-19(12-5-15-2-3-16(6-12)32(15)23(35)21-27-10-28-31-21)30-22-17(9-29-33(22)20(18)25)13-4-14(24)8-26-7-13/h4,7-10,12,15-16H,2-3,5-6,25H2,1H3,(H,27,28,31)/t12-,15-,16+. The summed E-state index contributed by atoms with van der Waals surface area (Å²) in [5.41, 5.74) is 8.89. The van der Waals surface area contributed by atoms with E-state index in [1.54, 1.807) is 6.20 Å². The van der Waals surface area contributed by atoms with Crippen LogP contribution in [0.1, 0.15) is 65.2 Å². The van der Waals surface area contributed by atoms with E-state index in [0.29, 0.717) is 40.9 Å². The van der Waals surface area contributed by atoms with Crippen LogP contribution in [0, 0.1) is 5.82 Å². The Balaban J connectivity index is 1.42. The maximum atomic E-state index is 13.9. The molecule has 1 amide bonds. The zero-order chi connectivity index (χ0) is 24.3. The molecule has 12 heteroatoms. The van der Waals surface area contributed by atoms with Crippen LogP contribution in [0.25, 0.3) is 16.8 Å². The molecule has 3 atom stereocenters. The molecule has 11 nitrogen and oxygen atoms in total. The summed E-state index contributed by atoms with van der Waals surface area (Å²) in [6.07, 6.45) is 8.60. The summed E-state index contributed by atoms with van der Waals surface area (Å²) in [6, 6.07) is 1.34. The maximum Gasteiger partial charge on any atom is 0.292 e. The van der Waals surface area contributed by atoms with Crippen LogP contribution in [-0.4, -0.2) is 63.4 Å². The number of aromatic amines is 1. The molecule has 0 radical (unpaired) electrons. The van der Waals surface area contributed by atoms with Crippen molar-refractivity contribution in [2.75, 3.05) is 5.73 Å². The second-order valence-corrected chi connectivity index (χ2v) is 9.10. The number of H-pyrrole nitrogens is 1. The number of aromatic nitrogens is 7. The highest BCUT2D eigenvalue weighted by Gasteiger charge is 2.45. The van der Waals surface area contributed by atoms with Gasteiger partial charge in [0.25, 0.3) is 5.91 Å². The van der Waals surface area contributed by atoms with Crippen LogP contribution in [-0.2, 0) is 0 Å². The van der Waals surface area contributed by atoms with Crippen molar-refractivity contribution in [2.45, 2.75) is 50.6 Å². The lowest BCUT2D eigenvalue weighted by Gasteiger charge is -2.38. The van der Waals surface area contributed by atoms with Crippen molar-refractivity contribution in [1.29, 1.82) is 0 Å². The molecule has 2 aliphatic heterocycles. The van der Waals surface area contributed by atoms with Gasteiger partial charge in [0.05, 0.1) is 23.7 Å². The lowest BCUT2D eigenvalue weighted by atomic mass is 9.85. The first kappa shape index (κ1) is 21.3. The molecule has 6 heterocycles. The van der Waals surface area contributed by atoms with Gasteiger partial charge in [0.1, 0.15) is 18.0 Å². The summed E-state index contributed by atoms with van der Waals surface area (Å²) in [4.78, 5) is 39.2. The Morgan fingerprint density at radius 1 is 1.17 bits per heavy atom. The molecule has 6 rings (SSSR count). The monoisotopic (exact) mass is 475 g/mol. The van der Waals surface area contributed by atoms with Gasteiger partial charge in [-0.15, -0.1) is 10.2 Å². The van der Waals surface area contributed by atoms with Gasteiger partial charge in [-0.1, -0.05) is 0 Å². The average molecular weight is 475 g/mol. The van der Waals surface area contributed by atoms with Gasteiger partial charge in [-0.05, 0) is 38.7 Å². The molecule has 0 saturated carbocycles. The van der Waals surface area contributed by atoms with Crippen LogP contribution in [0.5, 0.6) is 0 Å². The summed E-state index contributed by atoms with van der Waals surface area (Å²) in [5, 5.41) is 11.9. The number of anilines is 1. The van der Waals surface area contributed by atoms with Gasteiger partial charge < -0.3 is 15.6 Å². The first-order valence-corrected chi connectivity index (χ1v) is 11.4. The quantitative estimate of drug-likeness (QED) is 0.428. The molecular formula is C23H22FN9O2. The smallest absolute Gasteiger partial charge is 0.292 e. The minimum absolute atomic E-state index is 0.00721. The Morgan fingerprint density at radius 3 is 2.60 bits per heavy atom. The zero-order valence-corrected chi connectivity index (χ0v) is 18.8. The number of pyridine rings is 1. The number of Topliss-reactive ketones (excluding diaryl/α,β-unsaturated/α-hetero) is 1. The molecule has 0 aromatic carbocycles. The van der Waals surface area contributed by atoms with E-state index < -0.39 is 5.82 Å². The molecular weight excluding hydrogens is 453 g/mol. The lowest BCUT2D eigenvalue weighted by Crippen LogP contribution is -2.46. The van der Waals surface area contributed by atoms with Crippen molar-refractivity contribution in [3.63, 3.8) is 0 Å². The number of carbonyl (C=O) groups excluding carboxylic acids is 2. The van der Waals surface area contributed by atoms with Crippen molar-refractivity contribution in [3.05, 3.63) is 53.9 Å². The highest BCUT2D eigenvalue weighted by atomic mass is 19.1. The van der Waals surface area contributed by atoms with E-state index in [2.05, 4.69) is 25.3 Å². The molecule has 3 N–H and O–H groups in total. The van der Waals surface area contributed by atoms with Crippen molar-refractivity contribution in [1.82, 2.24) is 39.7 Å². The van der Waals surface area contributed by atoms with Gasteiger partial charge in [-0.3, -0.25) is 14.6 Å². The number of piperidine rings is 1. The first-order valence-electron chi connectivity index (χ1n) is 11.4. The van der Waals surface area contributed by atoms with E-state index >= 15 is 0 Å². The second-order valence-electron chi connectivity index (χ2n) is 9.10. The number of amides is 1. The van der Waals surface area contributed by atoms with Crippen LogP contribution in [0.3, 0.4) is 0 Å². The summed E-state index contributed by atoms with van der Waals surface area (Å²) in [5.74, 6) is -0.507. The molecule has 2 saturated heterocycles. The Hall–Kier alpha value is -4.22. The SMILES string of the molecule is CC(=O)c1c([C@@H]2C[C@H]3CC[C@@H](C2)N3C(=O)c2nnc[nH]2)nc2c(-c3cncc(F)c3)cnn2c1N. The number of nitrogen functional groups attached to an aromatic ring is 1. The van der Waals surface area contributed by atoms with Crippen molar-refractivity contribution in [2.24, 2.45) is 0 Å². The van der Waals surface area contributed by atoms with E-state index in [1.165, 1.54) is 30.0 Å². The van der Waals surface area contributed by atoms with E-state index in [4.69, 9.17) is 10.7 Å². The number of nitrogens with two attached hydrogens (primary N) is 1. The zero-order valence-electron chi connectivity index (χ0n) is 18.8. The summed E-state index contributed by atoms with van der Waals surface area (Å²) in [6.45, 7) is 1.46. The fraction of sp³-hybridized carbons (Fsp3) is 0.348. The van der Waals surface area contributed by atoms with Gasteiger partial charge in [0.2, 0.25) is 5.82 Å². The van der Waals surface area contributed by atoms with Gasteiger partial charge in [0, 0.05) is 35.3 Å². The third-order valence-corrected chi connectivity index (χ3v) is 7.05. The van der Waals surface area contributed by atoms with Crippen LogP contribution in [0.4, 0.5) is 10.2 Å². The third-order valence-electron chi connectivity index (χ3n) is 7.05. The Bertz CT molecular complexity index is 1450. The number of carbonyl (C=O) groups is 2. The maximum absolute atomic E-state index is 13.9. The number of rotatable bonds is 4. The Labute approximate surface area is 198 Å². The van der Waals surface area contributed by atoms with Crippen molar-refractivity contribution >= 4 is 23.2 Å². The minimum atomic E-state index is -0.476. The van der Waals surface area contributed by atoms with E-state index in [-0.39, 0.29) is 41.3 Å². The van der Waals surface area contributed by atoms with Gasteiger partial charge >= 0.3 is 0 Å². The minimum Gasteiger partial charge on any atom is -0.383 e. The second kappa shape index (κ2) is 7.93. The summed E-state index contributed by atoms with van der Waals surface area (Å²) < 4.78 is 15.3. The van der Waals surface area contributed by atoms with Crippen molar-refractivity contribution < 1.29 is 14.0 Å². The molecule has 2 fully saturated rings. The predicted octanol–water partition coefficient (Wildman–Crippen LogP) is 2.38. The largest absolute Gasteiger partial charge is 0.383 e. The topological polar surface area (TPSA) is 148 Å². The van der Waals surface area contributed by atoms with Gasteiger partial charge in [0.15, 0.2) is 11.4 Å². The van der Waals surface area contributed by atoms with Crippen LogP contribution in [0.15, 0.2) is 31.0 Å². The fourth-order valence-corrected chi connectivity index (χ4v) is 5.62. The van der Waals surface area contributed by atoms with E-state index in [0.717, 1.165) is 19.0 Å². The fourth-order valence-electron chi connectivity index (χ4n) is 5.62. The van der Waals surface area contributed by atoms with Crippen LogP contribution >= 0.6 is 0 Å². The van der Waals surface area contributed by atoms with E-state index in [1.807, 2.05) is 4.90 Å². The van der Waals surface area contributed by atoms with E-state index in [9.17, 15) is 14.0 Å². The summed E-state index contributed by atoms with van der Waals surface area (Å²) >= 11 is 0. The molecule has 2 aliphatic rings. The summed E-state index contributed by atoms with van der Waals surface area (Å²) in [7, 11) is 0. The highest BCUT2D eigenvalue weighted by Crippen LogP contribution is 2.45. The molecule has 35 heavy (non-hydrogen) atoms. The molecule has 178 valence electrons. The lowest BCUT2D eigenvalue weighted by molar-refractivity contribution is 0.0556. The number of hydrogen-bond acceptors (Lipinski definition) is 8. The van der Waals surface area contributed by atoms with Crippen LogP contribution < -0.4 is 5.73 Å². The molecule has 0 unspecified atom stereocenters. The molecule has 2 bridgehead atoms. The number of fused-ring (bicyclic) bond motifs is 3. The molecule has 0 aliphatic carbocycles. The first-order chi connectivity index (χ1) is 16.9. The molecule has 4 aromatic heterocycles. The molecule has 0 spiro atoms. The average Bonchev–Trinajstić information content (AvgIpc) is 3.57.